The van der Waals surface area contributed by atoms with Crippen molar-refractivity contribution in [2.45, 2.75) is 25.7 Å². The van der Waals surface area contributed by atoms with E-state index in [2.05, 4.69) is 37.3 Å². The Labute approximate surface area is 246 Å². The number of carbonyl (C=O) groups is 1. The Hall–Kier alpha value is -3.03. The molecule has 196 valence electrons. The molecule has 7 heteroatoms. The molecule has 0 unspecified atom stereocenters. The minimum Gasteiger partial charge on any atom is -0.339 e. The molecule has 1 aliphatic rings. The highest BCUT2D eigenvalue weighted by Gasteiger charge is 2.29. The second-order valence-electron chi connectivity index (χ2n) is 9.72. The molecule has 0 saturated carbocycles. The monoisotopic (exact) mass is 586 g/mol. The van der Waals surface area contributed by atoms with Crippen LogP contribution < -0.4 is 0 Å². The molecule has 0 radical (unpaired) electrons. The first kappa shape index (κ1) is 26.2. The molecule has 0 spiro atoms. The zero-order chi connectivity index (χ0) is 26.8. The first-order valence-corrected chi connectivity index (χ1v) is 15.9. The highest BCUT2D eigenvalue weighted by atomic mass is 35.5. The molecule has 0 bridgehead atoms. The Morgan fingerprint density at radius 2 is 1.62 bits per heavy atom. The number of thiophene rings is 2. The van der Waals surface area contributed by atoms with Crippen molar-refractivity contribution >= 4 is 63.2 Å². The van der Waals surface area contributed by atoms with Gasteiger partial charge in [-0.25, -0.2) is 4.98 Å². The largest absolute Gasteiger partial charge is 0.339 e. The lowest BCUT2D eigenvalue weighted by atomic mass is 9.96. The lowest BCUT2D eigenvalue weighted by Crippen LogP contribution is -2.38. The molecule has 5 aromatic rings. The van der Waals surface area contributed by atoms with Gasteiger partial charge in [-0.2, -0.15) is 0 Å². The molecular formula is C32H27ClN2OS3. The van der Waals surface area contributed by atoms with Crippen LogP contribution in [0, 0.1) is 6.92 Å². The smallest absolute Gasteiger partial charge is 0.255 e. The lowest BCUT2D eigenvalue weighted by molar-refractivity contribution is -0.125. The third-order valence-electron chi connectivity index (χ3n) is 7.05. The van der Waals surface area contributed by atoms with Crippen molar-refractivity contribution in [3.8, 4) is 21.7 Å². The zero-order valence-corrected chi connectivity index (χ0v) is 24.7. The van der Waals surface area contributed by atoms with Gasteiger partial charge in [-0.1, -0.05) is 65.7 Å². The van der Waals surface area contributed by atoms with Gasteiger partial charge in [0.05, 0.1) is 21.2 Å². The Morgan fingerprint density at radius 1 is 0.923 bits per heavy atom. The quantitative estimate of drug-likeness (QED) is 0.186. The molecule has 3 aromatic heterocycles. The van der Waals surface area contributed by atoms with Crippen LogP contribution in [0.5, 0.6) is 0 Å². The summed E-state index contributed by atoms with van der Waals surface area (Å²) in [4.78, 5) is 24.2. The topological polar surface area (TPSA) is 33.2 Å². The summed E-state index contributed by atoms with van der Waals surface area (Å²) in [6.07, 6.45) is 3.85. The van der Waals surface area contributed by atoms with Crippen molar-refractivity contribution in [3.63, 3.8) is 0 Å². The maximum Gasteiger partial charge on any atom is 0.255 e. The van der Waals surface area contributed by atoms with Crippen LogP contribution in [0.15, 0.2) is 83.6 Å². The number of likely N-dealkylation sites (tertiary alicyclic amines) is 1. The predicted molar refractivity (Wildman–Crippen MR) is 168 cm³/mol. The van der Waals surface area contributed by atoms with Gasteiger partial charge < -0.3 is 4.90 Å². The van der Waals surface area contributed by atoms with Crippen LogP contribution in [0.3, 0.4) is 0 Å². The highest BCUT2D eigenvalue weighted by molar-refractivity contribution is 7.15. The number of aromatic nitrogens is 1. The van der Waals surface area contributed by atoms with Crippen molar-refractivity contribution in [2.24, 2.45) is 0 Å². The summed E-state index contributed by atoms with van der Waals surface area (Å²) >= 11 is 11.2. The van der Waals surface area contributed by atoms with E-state index in [1.54, 1.807) is 34.0 Å². The number of benzene rings is 2. The molecule has 1 amide bonds. The van der Waals surface area contributed by atoms with E-state index in [9.17, 15) is 4.79 Å². The van der Waals surface area contributed by atoms with Gasteiger partial charge in [0.2, 0.25) is 0 Å². The van der Waals surface area contributed by atoms with Crippen molar-refractivity contribution < 1.29 is 4.79 Å². The van der Waals surface area contributed by atoms with Gasteiger partial charge in [0, 0.05) is 39.3 Å². The summed E-state index contributed by atoms with van der Waals surface area (Å²) in [7, 11) is 0. The molecule has 1 saturated heterocycles. The molecule has 39 heavy (non-hydrogen) atoms. The number of rotatable bonds is 6. The van der Waals surface area contributed by atoms with Crippen molar-refractivity contribution in [2.75, 3.05) is 13.1 Å². The molecule has 0 N–H and O–H groups in total. The minimum atomic E-state index is 0.116. The summed E-state index contributed by atoms with van der Waals surface area (Å²) < 4.78 is 0. The first-order chi connectivity index (χ1) is 19.0. The number of halogens is 1. The molecule has 2 aromatic carbocycles. The van der Waals surface area contributed by atoms with Gasteiger partial charge in [0.15, 0.2) is 0 Å². The van der Waals surface area contributed by atoms with Crippen LogP contribution in [0.1, 0.15) is 39.1 Å². The number of aryl methyl sites for hydroxylation is 1. The molecule has 0 atom stereocenters. The Morgan fingerprint density at radius 3 is 2.28 bits per heavy atom. The summed E-state index contributed by atoms with van der Waals surface area (Å²) in [5.74, 6) is 0.446. The van der Waals surface area contributed by atoms with E-state index in [1.165, 1.54) is 16.0 Å². The van der Waals surface area contributed by atoms with Crippen LogP contribution in [0.2, 0.25) is 5.02 Å². The SMILES string of the molecule is Cc1ccc(-c2sc(C3CCN(C(=O)/C(=C/c4cccs4)c4cccs4)CC3)nc2-c2ccc(Cl)cc2)cc1. The van der Waals surface area contributed by atoms with Crippen LogP contribution in [0.4, 0.5) is 0 Å². The van der Waals surface area contributed by atoms with E-state index in [-0.39, 0.29) is 5.91 Å². The molecule has 6 rings (SSSR count). The van der Waals surface area contributed by atoms with Crippen LogP contribution >= 0.6 is 45.6 Å². The number of piperidine rings is 1. The van der Waals surface area contributed by atoms with Gasteiger partial charge in [-0.3, -0.25) is 4.79 Å². The lowest BCUT2D eigenvalue weighted by Gasteiger charge is -2.31. The second kappa shape index (κ2) is 11.6. The van der Waals surface area contributed by atoms with Crippen LogP contribution in [-0.2, 0) is 4.79 Å². The van der Waals surface area contributed by atoms with Gasteiger partial charge >= 0.3 is 0 Å². The summed E-state index contributed by atoms with van der Waals surface area (Å²) in [6.45, 7) is 3.56. The maximum absolute atomic E-state index is 13.7. The summed E-state index contributed by atoms with van der Waals surface area (Å²) in [5, 5.41) is 5.95. The Kier molecular flexibility index (Phi) is 7.80. The summed E-state index contributed by atoms with van der Waals surface area (Å²) in [6, 6.07) is 24.7. The maximum atomic E-state index is 13.7. The number of carbonyl (C=O) groups excluding carboxylic acids is 1. The molecule has 1 fully saturated rings. The first-order valence-electron chi connectivity index (χ1n) is 13.0. The average Bonchev–Trinajstić information content (AvgIpc) is 3.75. The molecule has 1 aliphatic heterocycles. The minimum absolute atomic E-state index is 0.116. The van der Waals surface area contributed by atoms with E-state index in [1.807, 2.05) is 64.2 Å². The zero-order valence-electron chi connectivity index (χ0n) is 21.5. The van der Waals surface area contributed by atoms with Gasteiger partial charge in [-0.05, 0) is 66.4 Å². The van der Waals surface area contributed by atoms with Gasteiger partial charge in [0.25, 0.3) is 5.91 Å². The number of amides is 1. The van der Waals surface area contributed by atoms with Crippen LogP contribution in [0.25, 0.3) is 33.3 Å². The van der Waals surface area contributed by atoms with Crippen molar-refractivity contribution in [1.82, 2.24) is 9.88 Å². The predicted octanol–water partition coefficient (Wildman–Crippen LogP) is 9.51. The molecular weight excluding hydrogens is 560 g/mol. The number of nitrogens with zero attached hydrogens (tertiary/aromatic N) is 2. The van der Waals surface area contributed by atoms with E-state index in [0.717, 1.165) is 62.5 Å². The standard InChI is InChI=1S/C32H27ClN2OS3/c1-21-6-8-23(9-7-21)30-29(22-10-12-25(33)13-11-22)34-31(39-30)24-14-16-35(17-15-24)32(36)27(28-5-3-19-38-28)20-26-4-2-18-37-26/h2-13,18-20,24H,14-17H2,1H3/b27-20+. The highest BCUT2D eigenvalue weighted by Crippen LogP contribution is 2.42. The van der Waals surface area contributed by atoms with Crippen molar-refractivity contribution in [1.29, 1.82) is 0 Å². The normalized spacial score (nSPS) is 14.6. The van der Waals surface area contributed by atoms with E-state index < -0.39 is 0 Å². The van der Waals surface area contributed by atoms with E-state index in [0.29, 0.717) is 5.92 Å². The Bertz CT molecular complexity index is 1510. The van der Waals surface area contributed by atoms with Gasteiger partial charge in [-0.15, -0.1) is 34.0 Å². The van der Waals surface area contributed by atoms with Gasteiger partial charge in [0.1, 0.15) is 0 Å². The Balaban J connectivity index is 1.24. The van der Waals surface area contributed by atoms with E-state index in [4.69, 9.17) is 16.6 Å². The summed E-state index contributed by atoms with van der Waals surface area (Å²) in [5.41, 5.74) is 5.29. The average molecular weight is 587 g/mol. The molecule has 4 heterocycles. The van der Waals surface area contributed by atoms with Crippen molar-refractivity contribution in [3.05, 3.63) is 109 Å². The van der Waals surface area contributed by atoms with Crippen LogP contribution in [-0.4, -0.2) is 28.9 Å². The number of hydrogen-bond donors (Lipinski definition) is 0. The number of hydrogen-bond acceptors (Lipinski definition) is 5. The third-order valence-corrected chi connectivity index (χ3v) is 10.3. The fourth-order valence-electron chi connectivity index (χ4n) is 4.90. The fraction of sp³-hybridized carbons (Fsp3) is 0.188. The molecule has 3 nitrogen and oxygen atoms in total. The fourth-order valence-corrected chi connectivity index (χ4v) is 7.68. The molecule has 0 aliphatic carbocycles. The van der Waals surface area contributed by atoms with E-state index >= 15 is 0 Å². The number of thiazole rings is 1. The third kappa shape index (κ3) is 5.80. The second-order valence-corrected chi connectivity index (χ2v) is 13.1.